The number of nitrogens with zero attached hydrogens (tertiary/aromatic N) is 3. The molecule has 0 aliphatic heterocycles. The van der Waals surface area contributed by atoms with Gasteiger partial charge in [0.05, 0.1) is 6.54 Å². The summed E-state index contributed by atoms with van der Waals surface area (Å²) in [5.41, 5.74) is 3.28. The van der Waals surface area contributed by atoms with Crippen molar-refractivity contribution in [2.45, 2.75) is 33.0 Å². The van der Waals surface area contributed by atoms with E-state index in [0.29, 0.717) is 6.54 Å². The first-order valence-corrected chi connectivity index (χ1v) is 9.83. The Balaban J connectivity index is 1.69. The number of carbonyl (C=O) groups is 1. The molecule has 1 aromatic heterocycles. The highest BCUT2D eigenvalue weighted by Crippen LogP contribution is 2.21. The molecular weight excluding hydrogens is 348 g/mol. The Hall–Kier alpha value is -2.92. The van der Waals surface area contributed by atoms with Crippen molar-refractivity contribution in [1.82, 2.24) is 20.0 Å². The number of amides is 1. The lowest BCUT2D eigenvalue weighted by Crippen LogP contribution is -2.40. The fourth-order valence-electron chi connectivity index (χ4n) is 3.46. The van der Waals surface area contributed by atoms with Crippen LogP contribution in [0.4, 0.5) is 0 Å². The largest absolute Gasteiger partial charge is 0.350 e. The summed E-state index contributed by atoms with van der Waals surface area (Å²) in [5.74, 6) is 0.0346. The molecule has 0 spiro atoms. The van der Waals surface area contributed by atoms with Crippen LogP contribution >= 0.6 is 0 Å². The third-order valence-electron chi connectivity index (χ3n) is 4.90. The topological polar surface area (TPSA) is 50.2 Å². The number of aromatic nitrogens is 2. The Morgan fingerprint density at radius 3 is 2.46 bits per heavy atom. The van der Waals surface area contributed by atoms with E-state index < -0.39 is 0 Å². The summed E-state index contributed by atoms with van der Waals surface area (Å²) < 4.78 is 1.89. The van der Waals surface area contributed by atoms with Crippen LogP contribution in [0.5, 0.6) is 0 Å². The van der Waals surface area contributed by atoms with Crippen molar-refractivity contribution in [2.75, 3.05) is 13.1 Å². The van der Waals surface area contributed by atoms with E-state index in [-0.39, 0.29) is 11.9 Å². The van der Waals surface area contributed by atoms with Crippen LogP contribution in [0.3, 0.4) is 0 Å². The summed E-state index contributed by atoms with van der Waals surface area (Å²) >= 11 is 0. The first kappa shape index (κ1) is 19.8. The lowest BCUT2D eigenvalue weighted by molar-refractivity contribution is -0.126. The number of rotatable bonds is 9. The zero-order valence-electron chi connectivity index (χ0n) is 16.6. The summed E-state index contributed by atoms with van der Waals surface area (Å²) in [6.07, 6.45) is 3.73. The van der Waals surface area contributed by atoms with Crippen LogP contribution in [0.1, 0.15) is 36.6 Å². The van der Waals surface area contributed by atoms with Crippen LogP contribution in [0.15, 0.2) is 73.1 Å². The molecule has 0 radical (unpaired) electrons. The van der Waals surface area contributed by atoms with Crippen LogP contribution in [0.2, 0.25) is 0 Å². The molecule has 0 fully saturated rings. The van der Waals surface area contributed by atoms with Crippen molar-refractivity contribution in [3.63, 3.8) is 0 Å². The van der Waals surface area contributed by atoms with E-state index in [4.69, 9.17) is 0 Å². The number of carbonyl (C=O) groups excluding carboxylic acids is 1. The van der Waals surface area contributed by atoms with E-state index in [9.17, 15) is 4.79 Å². The molecular formula is C23H28N4O. The molecule has 146 valence electrons. The molecule has 1 N–H and O–H groups in total. The molecule has 5 heteroatoms. The first-order chi connectivity index (χ1) is 13.7. The Kier molecular flexibility index (Phi) is 6.98. The van der Waals surface area contributed by atoms with E-state index in [1.807, 2.05) is 59.4 Å². The fourth-order valence-corrected chi connectivity index (χ4v) is 3.46. The van der Waals surface area contributed by atoms with Gasteiger partial charge in [0.15, 0.2) is 0 Å². The van der Waals surface area contributed by atoms with Gasteiger partial charge in [-0.1, -0.05) is 68.4 Å². The highest BCUT2D eigenvalue weighted by molar-refractivity contribution is 5.83. The monoisotopic (exact) mass is 376 g/mol. The zero-order chi connectivity index (χ0) is 19.8. The lowest BCUT2D eigenvalue weighted by Gasteiger charge is -2.29. The molecule has 0 saturated carbocycles. The smallest absolute Gasteiger partial charge is 0.242 e. The first-order valence-electron chi connectivity index (χ1n) is 9.83. The van der Waals surface area contributed by atoms with E-state index >= 15 is 0 Å². The van der Waals surface area contributed by atoms with E-state index in [2.05, 4.69) is 41.3 Å². The standard InChI is InChI=1S/C23H28N4O/c1-3-26(4-2)22(21-12-6-5-7-13-21)23(28)24-17-19-10-8-11-20(16-19)18-27-15-9-14-25-27/h5-16,22H,3-4,17-18H2,1-2H3,(H,24,28). The van der Waals surface area contributed by atoms with Crippen molar-refractivity contribution >= 4 is 5.91 Å². The maximum Gasteiger partial charge on any atom is 0.242 e. The summed E-state index contributed by atoms with van der Waals surface area (Å²) in [4.78, 5) is 15.2. The van der Waals surface area contributed by atoms with Gasteiger partial charge in [-0.3, -0.25) is 14.4 Å². The molecule has 3 rings (SSSR count). The van der Waals surface area contributed by atoms with E-state index in [1.165, 1.54) is 5.56 Å². The van der Waals surface area contributed by atoms with Crippen molar-refractivity contribution in [2.24, 2.45) is 0 Å². The number of hydrogen-bond acceptors (Lipinski definition) is 3. The number of hydrogen-bond donors (Lipinski definition) is 1. The van der Waals surface area contributed by atoms with Gasteiger partial charge < -0.3 is 5.32 Å². The van der Waals surface area contributed by atoms with Gasteiger partial charge in [-0.2, -0.15) is 5.10 Å². The molecule has 0 aliphatic carbocycles. The molecule has 0 aliphatic rings. The van der Waals surface area contributed by atoms with Gasteiger partial charge in [-0.25, -0.2) is 0 Å². The van der Waals surface area contributed by atoms with E-state index in [1.54, 1.807) is 6.20 Å². The van der Waals surface area contributed by atoms with Crippen molar-refractivity contribution in [3.05, 3.63) is 89.7 Å². The van der Waals surface area contributed by atoms with Gasteiger partial charge in [0.25, 0.3) is 0 Å². The van der Waals surface area contributed by atoms with Crippen molar-refractivity contribution < 1.29 is 4.79 Å². The minimum absolute atomic E-state index is 0.0346. The summed E-state index contributed by atoms with van der Waals surface area (Å²) in [5, 5.41) is 7.38. The average Bonchev–Trinajstić information content (AvgIpc) is 3.24. The highest BCUT2D eigenvalue weighted by Gasteiger charge is 2.25. The van der Waals surface area contributed by atoms with Crippen LogP contribution in [0, 0.1) is 0 Å². The maximum atomic E-state index is 13.1. The van der Waals surface area contributed by atoms with Crippen LogP contribution in [0.25, 0.3) is 0 Å². The SMILES string of the molecule is CCN(CC)C(C(=O)NCc1cccc(Cn2cccn2)c1)c1ccccc1. The third kappa shape index (κ3) is 5.08. The second-order valence-corrected chi connectivity index (χ2v) is 6.78. The molecule has 3 aromatic rings. The van der Waals surface area contributed by atoms with Crippen LogP contribution in [-0.2, 0) is 17.9 Å². The third-order valence-corrected chi connectivity index (χ3v) is 4.90. The van der Waals surface area contributed by atoms with Crippen molar-refractivity contribution in [1.29, 1.82) is 0 Å². The van der Waals surface area contributed by atoms with Gasteiger partial charge in [0.1, 0.15) is 6.04 Å². The molecule has 28 heavy (non-hydrogen) atoms. The van der Waals surface area contributed by atoms with Gasteiger partial charge >= 0.3 is 0 Å². The Morgan fingerprint density at radius 1 is 1.04 bits per heavy atom. The number of benzene rings is 2. The molecule has 0 saturated heterocycles. The molecule has 1 amide bonds. The van der Waals surface area contributed by atoms with Crippen LogP contribution in [-0.4, -0.2) is 33.7 Å². The number of likely N-dealkylation sites (N-methyl/N-ethyl adjacent to an activating group) is 1. The lowest BCUT2D eigenvalue weighted by atomic mass is 10.0. The van der Waals surface area contributed by atoms with Crippen LogP contribution < -0.4 is 5.32 Å². The summed E-state index contributed by atoms with van der Waals surface area (Å²) in [6, 6.07) is 19.9. The fraction of sp³-hybridized carbons (Fsp3) is 0.304. The Labute approximate surface area is 167 Å². The van der Waals surface area contributed by atoms with Gasteiger partial charge in [-0.15, -0.1) is 0 Å². The second kappa shape index (κ2) is 9.85. The molecule has 2 aromatic carbocycles. The minimum Gasteiger partial charge on any atom is -0.350 e. The average molecular weight is 377 g/mol. The minimum atomic E-state index is -0.275. The predicted octanol–water partition coefficient (Wildman–Crippen LogP) is 3.63. The number of nitrogens with one attached hydrogen (secondary N) is 1. The normalized spacial score (nSPS) is 12.1. The van der Waals surface area contributed by atoms with Gasteiger partial charge in [0.2, 0.25) is 5.91 Å². The quantitative estimate of drug-likeness (QED) is 0.620. The molecule has 5 nitrogen and oxygen atoms in total. The predicted molar refractivity (Wildman–Crippen MR) is 112 cm³/mol. The Morgan fingerprint density at radius 2 is 1.79 bits per heavy atom. The van der Waals surface area contributed by atoms with Gasteiger partial charge in [0, 0.05) is 18.9 Å². The molecule has 0 bridgehead atoms. The summed E-state index contributed by atoms with van der Waals surface area (Å²) in [7, 11) is 0. The van der Waals surface area contributed by atoms with E-state index in [0.717, 1.165) is 30.8 Å². The van der Waals surface area contributed by atoms with Crippen molar-refractivity contribution in [3.8, 4) is 0 Å². The second-order valence-electron chi connectivity index (χ2n) is 6.78. The molecule has 1 unspecified atom stereocenters. The summed E-state index contributed by atoms with van der Waals surface area (Å²) in [6.45, 7) is 7.06. The molecule has 1 atom stereocenters. The Bertz CT molecular complexity index is 857. The maximum absolute atomic E-state index is 13.1. The molecule has 1 heterocycles. The highest BCUT2D eigenvalue weighted by atomic mass is 16.2. The zero-order valence-corrected chi connectivity index (χ0v) is 16.6. The van der Waals surface area contributed by atoms with Gasteiger partial charge in [-0.05, 0) is 35.8 Å².